The highest BCUT2D eigenvalue weighted by Gasteiger charge is 2.31. The third kappa shape index (κ3) is 5.62. The van der Waals surface area contributed by atoms with Crippen LogP contribution >= 0.6 is 23.4 Å². The molecule has 28 heavy (non-hydrogen) atoms. The third-order valence-corrected chi connectivity index (χ3v) is 6.01. The predicted molar refractivity (Wildman–Crippen MR) is 108 cm³/mol. The predicted octanol–water partition coefficient (Wildman–Crippen LogP) is 1.10. The summed E-state index contributed by atoms with van der Waals surface area (Å²) in [5.41, 5.74) is 1.09. The highest BCUT2D eigenvalue weighted by Crippen LogP contribution is 2.17. The van der Waals surface area contributed by atoms with E-state index in [-0.39, 0.29) is 5.91 Å². The minimum Gasteiger partial charge on any atom is -0.378 e. The second-order valence-corrected chi connectivity index (χ2v) is 8.12. The van der Waals surface area contributed by atoms with Crippen LogP contribution in [-0.4, -0.2) is 90.7 Å². The highest BCUT2D eigenvalue weighted by atomic mass is 35.5. The monoisotopic (exact) mass is 425 g/mol. The van der Waals surface area contributed by atoms with Crippen molar-refractivity contribution in [2.75, 3.05) is 58.2 Å². The van der Waals surface area contributed by atoms with Crippen molar-refractivity contribution in [3.05, 3.63) is 34.9 Å². The lowest BCUT2D eigenvalue weighted by Gasteiger charge is -2.35. The Morgan fingerprint density at radius 1 is 0.929 bits per heavy atom. The highest BCUT2D eigenvalue weighted by molar-refractivity contribution is 7.99. The Morgan fingerprint density at radius 2 is 1.54 bits per heavy atom. The van der Waals surface area contributed by atoms with Crippen molar-refractivity contribution >= 4 is 41.1 Å². The van der Waals surface area contributed by atoms with Gasteiger partial charge >= 0.3 is 11.8 Å². The summed E-state index contributed by atoms with van der Waals surface area (Å²) >= 11 is 7.51. The fourth-order valence-corrected chi connectivity index (χ4v) is 4.26. The molecule has 3 amide bonds. The van der Waals surface area contributed by atoms with Crippen molar-refractivity contribution in [3.63, 3.8) is 0 Å². The molecular weight excluding hydrogens is 402 g/mol. The first-order valence-electron chi connectivity index (χ1n) is 9.30. The van der Waals surface area contributed by atoms with Gasteiger partial charge < -0.3 is 19.4 Å². The molecule has 0 spiro atoms. The molecule has 2 aliphatic heterocycles. The normalized spacial score (nSPS) is 17.5. The smallest absolute Gasteiger partial charge is 0.312 e. The average Bonchev–Trinajstić information content (AvgIpc) is 2.73. The summed E-state index contributed by atoms with van der Waals surface area (Å²) in [4.78, 5) is 41.9. The standard InChI is InChI=1S/C19H24ClN3O4S/c20-16-3-1-2-15(12-16)13-28-14-17(24)21-4-6-22(7-5-21)18(25)19(26)23-8-10-27-11-9-23/h1-3,12H,4-11,13-14H2. The minimum absolute atomic E-state index is 0.0543. The van der Waals surface area contributed by atoms with Crippen LogP contribution in [-0.2, 0) is 24.9 Å². The van der Waals surface area contributed by atoms with Crippen LogP contribution in [0.5, 0.6) is 0 Å². The van der Waals surface area contributed by atoms with E-state index in [4.69, 9.17) is 16.3 Å². The summed E-state index contributed by atoms with van der Waals surface area (Å²) in [6.45, 7) is 3.53. The molecule has 1 aromatic rings. The van der Waals surface area contributed by atoms with E-state index in [0.717, 1.165) is 11.3 Å². The van der Waals surface area contributed by atoms with Gasteiger partial charge in [0.2, 0.25) is 5.91 Å². The van der Waals surface area contributed by atoms with Gasteiger partial charge in [0.05, 0.1) is 19.0 Å². The number of amides is 3. The Bertz CT molecular complexity index is 719. The van der Waals surface area contributed by atoms with Crippen LogP contribution in [0.1, 0.15) is 5.56 Å². The van der Waals surface area contributed by atoms with Gasteiger partial charge in [-0.1, -0.05) is 23.7 Å². The zero-order chi connectivity index (χ0) is 19.9. The Morgan fingerprint density at radius 3 is 2.18 bits per heavy atom. The largest absolute Gasteiger partial charge is 0.378 e. The maximum atomic E-state index is 12.4. The van der Waals surface area contributed by atoms with E-state index in [1.54, 1.807) is 21.6 Å². The van der Waals surface area contributed by atoms with Crippen LogP contribution in [0.15, 0.2) is 24.3 Å². The summed E-state index contributed by atoms with van der Waals surface area (Å²) in [6.07, 6.45) is 0. The quantitative estimate of drug-likeness (QED) is 0.676. The first kappa shape index (κ1) is 21.0. The molecule has 0 atom stereocenters. The molecule has 0 aliphatic carbocycles. The minimum atomic E-state index is -0.482. The Balaban J connectivity index is 1.39. The summed E-state index contributed by atoms with van der Waals surface area (Å²) in [5.74, 6) is 0.203. The molecule has 0 radical (unpaired) electrons. The van der Waals surface area contributed by atoms with Crippen LogP contribution in [0.3, 0.4) is 0 Å². The van der Waals surface area contributed by atoms with E-state index in [1.807, 2.05) is 24.3 Å². The summed E-state index contributed by atoms with van der Waals surface area (Å²) in [6, 6.07) is 7.61. The SMILES string of the molecule is O=C(CSCc1cccc(Cl)c1)N1CCN(C(=O)C(=O)N2CCOCC2)CC1. The number of rotatable bonds is 4. The second-order valence-electron chi connectivity index (χ2n) is 6.70. The van der Waals surface area contributed by atoms with E-state index in [0.29, 0.717) is 63.3 Å². The fraction of sp³-hybridized carbons (Fsp3) is 0.526. The number of carbonyl (C=O) groups is 3. The number of morpholine rings is 1. The Hall–Kier alpha value is -1.77. The van der Waals surface area contributed by atoms with Crippen molar-refractivity contribution in [1.82, 2.24) is 14.7 Å². The second kappa shape index (κ2) is 10.1. The molecule has 2 saturated heterocycles. The number of thioether (sulfide) groups is 1. The molecule has 0 saturated carbocycles. The number of hydrogen-bond acceptors (Lipinski definition) is 5. The van der Waals surface area contributed by atoms with Gasteiger partial charge in [0, 0.05) is 50.0 Å². The molecule has 2 fully saturated rings. The fourth-order valence-electron chi connectivity index (χ4n) is 3.17. The lowest BCUT2D eigenvalue weighted by atomic mass is 10.2. The van der Waals surface area contributed by atoms with Gasteiger partial charge in [-0.25, -0.2) is 0 Å². The zero-order valence-electron chi connectivity index (χ0n) is 15.6. The van der Waals surface area contributed by atoms with Gasteiger partial charge in [-0.2, -0.15) is 0 Å². The van der Waals surface area contributed by atoms with Crippen LogP contribution in [0.2, 0.25) is 5.02 Å². The topological polar surface area (TPSA) is 70.2 Å². The number of piperazine rings is 1. The molecule has 0 unspecified atom stereocenters. The maximum absolute atomic E-state index is 12.4. The number of ether oxygens (including phenoxy) is 1. The lowest BCUT2D eigenvalue weighted by Crippen LogP contribution is -2.55. The molecule has 2 aliphatic rings. The van der Waals surface area contributed by atoms with E-state index in [2.05, 4.69) is 0 Å². The molecule has 2 heterocycles. The molecule has 3 rings (SSSR count). The lowest BCUT2D eigenvalue weighted by molar-refractivity contribution is -0.155. The van der Waals surface area contributed by atoms with E-state index < -0.39 is 11.8 Å². The van der Waals surface area contributed by atoms with Crippen LogP contribution in [0, 0.1) is 0 Å². The van der Waals surface area contributed by atoms with Crippen molar-refractivity contribution < 1.29 is 19.1 Å². The van der Waals surface area contributed by atoms with Crippen LogP contribution in [0.4, 0.5) is 0 Å². The summed E-state index contributed by atoms with van der Waals surface area (Å²) in [7, 11) is 0. The molecular formula is C19H24ClN3O4S. The number of hydrogen-bond donors (Lipinski definition) is 0. The van der Waals surface area contributed by atoms with Crippen molar-refractivity contribution in [3.8, 4) is 0 Å². The van der Waals surface area contributed by atoms with Gasteiger partial charge in [-0.3, -0.25) is 14.4 Å². The van der Waals surface area contributed by atoms with Crippen LogP contribution < -0.4 is 0 Å². The van der Waals surface area contributed by atoms with Gasteiger partial charge in [0.15, 0.2) is 0 Å². The number of nitrogens with zero attached hydrogens (tertiary/aromatic N) is 3. The molecule has 9 heteroatoms. The van der Waals surface area contributed by atoms with Crippen LogP contribution in [0.25, 0.3) is 0 Å². The first-order valence-corrected chi connectivity index (χ1v) is 10.8. The Labute approximate surface area is 173 Å². The number of carbonyl (C=O) groups excluding carboxylic acids is 3. The molecule has 7 nitrogen and oxygen atoms in total. The zero-order valence-corrected chi connectivity index (χ0v) is 17.2. The van der Waals surface area contributed by atoms with Gasteiger partial charge in [-0.05, 0) is 17.7 Å². The third-order valence-electron chi connectivity index (χ3n) is 4.78. The number of benzene rings is 1. The van der Waals surface area contributed by atoms with E-state index in [9.17, 15) is 14.4 Å². The van der Waals surface area contributed by atoms with Gasteiger partial charge in [0.1, 0.15) is 0 Å². The van der Waals surface area contributed by atoms with E-state index in [1.165, 1.54) is 4.90 Å². The maximum Gasteiger partial charge on any atom is 0.312 e. The van der Waals surface area contributed by atoms with Crippen molar-refractivity contribution in [2.45, 2.75) is 5.75 Å². The number of halogens is 1. The van der Waals surface area contributed by atoms with Gasteiger partial charge in [0.25, 0.3) is 0 Å². The van der Waals surface area contributed by atoms with E-state index >= 15 is 0 Å². The molecule has 152 valence electrons. The van der Waals surface area contributed by atoms with Crippen molar-refractivity contribution in [2.24, 2.45) is 0 Å². The van der Waals surface area contributed by atoms with Gasteiger partial charge in [-0.15, -0.1) is 11.8 Å². The molecule has 0 aromatic heterocycles. The van der Waals surface area contributed by atoms with Crippen molar-refractivity contribution in [1.29, 1.82) is 0 Å². The average molecular weight is 426 g/mol. The summed E-state index contributed by atoms with van der Waals surface area (Å²) < 4.78 is 5.21. The molecule has 0 N–H and O–H groups in total. The molecule has 0 bridgehead atoms. The summed E-state index contributed by atoms with van der Waals surface area (Å²) in [5, 5.41) is 0.692. The first-order chi connectivity index (χ1) is 13.5. The molecule has 1 aromatic carbocycles. The Kier molecular flexibility index (Phi) is 7.58.